The van der Waals surface area contributed by atoms with E-state index in [0.717, 1.165) is 30.2 Å². The van der Waals surface area contributed by atoms with Gasteiger partial charge in [-0.2, -0.15) is 4.98 Å². The molecule has 1 aromatic carbocycles. The van der Waals surface area contributed by atoms with Crippen molar-refractivity contribution in [2.24, 2.45) is 0 Å². The van der Waals surface area contributed by atoms with Crippen LogP contribution in [0.1, 0.15) is 5.56 Å². The molecule has 1 aliphatic rings. The van der Waals surface area contributed by atoms with Gasteiger partial charge in [0.2, 0.25) is 5.95 Å². The van der Waals surface area contributed by atoms with Gasteiger partial charge in [-0.1, -0.05) is 12.1 Å². The van der Waals surface area contributed by atoms with Crippen molar-refractivity contribution in [1.82, 2.24) is 9.97 Å². The maximum Gasteiger partial charge on any atom is 0.221 e. The van der Waals surface area contributed by atoms with Crippen LogP contribution >= 0.6 is 0 Å². The minimum atomic E-state index is 0.317. The second-order valence-corrected chi connectivity index (χ2v) is 4.80. The molecule has 0 fully saturated rings. The van der Waals surface area contributed by atoms with Crippen LogP contribution in [0.2, 0.25) is 0 Å². The van der Waals surface area contributed by atoms with Crippen molar-refractivity contribution in [3.05, 3.63) is 36.0 Å². The number of aryl methyl sites for hydroxylation is 1. The third kappa shape index (κ3) is 1.97. The zero-order chi connectivity index (χ0) is 13.4. The van der Waals surface area contributed by atoms with Crippen molar-refractivity contribution in [3.63, 3.8) is 0 Å². The predicted molar refractivity (Wildman–Crippen MR) is 77.9 cm³/mol. The zero-order valence-electron chi connectivity index (χ0n) is 11.2. The van der Waals surface area contributed by atoms with E-state index in [4.69, 9.17) is 5.73 Å². The van der Waals surface area contributed by atoms with Crippen LogP contribution in [0.3, 0.4) is 0 Å². The molecule has 2 aromatic rings. The van der Waals surface area contributed by atoms with Crippen molar-refractivity contribution in [2.75, 3.05) is 35.7 Å². The molecule has 1 aliphatic heterocycles. The minimum absolute atomic E-state index is 0.317. The lowest BCUT2D eigenvalue weighted by Crippen LogP contribution is -2.37. The highest BCUT2D eigenvalue weighted by molar-refractivity contribution is 5.79. The number of likely N-dealkylation sites (N-methyl/N-ethyl adjacent to an activating group) is 1. The van der Waals surface area contributed by atoms with Crippen LogP contribution in [0.4, 0.5) is 23.1 Å². The Balaban J connectivity index is 2.12. The standard InChI is InChI=1S/C14H17N5/c1-10-9-16-14(15)17-13(10)19-8-7-18(2)11-5-3-4-6-12(11)19/h3-6,9H,7-8H2,1-2H3,(H2,15,16,17). The average Bonchev–Trinajstić information content (AvgIpc) is 2.43. The number of hydrogen-bond acceptors (Lipinski definition) is 5. The first-order valence-electron chi connectivity index (χ1n) is 6.33. The molecular weight excluding hydrogens is 238 g/mol. The predicted octanol–water partition coefficient (Wildman–Crippen LogP) is 1.96. The summed E-state index contributed by atoms with van der Waals surface area (Å²) in [4.78, 5) is 12.9. The molecular formula is C14H17N5. The van der Waals surface area contributed by atoms with Crippen molar-refractivity contribution in [1.29, 1.82) is 0 Å². The number of fused-ring (bicyclic) bond motifs is 1. The van der Waals surface area contributed by atoms with Gasteiger partial charge in [0.05, 0.1) is 11.4 Å². The molecule has 0 spiro atoms. The third-order valence-corrected chi connectivity index (χ3v) is 3.46. The number of para-hydroxylation sites is 2. The molecule has 2 N–H and O–H groups in total. The van der Waals surface area contributed by atoms with Crippen LogP contribution in [0.25, 0.3) is 0 Å². The van der Waals surface area contributed by atoms with E-state index in [2.05, 4.69) is 45.0 Å². The highest BCUT2D eigenvalue weighted by Crippen LogP contribution is 2.36. The Kier molecular flexibility index (Phi) is 2.74. The average molecular weight is 255 g/mol. The second kappa shape index (κ2) is 4.42. The Morgan fingerprint density at radius 2 is 1.89 bits per heavy atom. The molecule has 5 heteroatoms. The molecule has 1 aromatic heterocycles. The molecule has 0 unspecified atom stereocenters. The van der Waals surface area contributed by atoms with Crippen LogP contribution in [-0.4, -0.2) is 30.1 Å². The Labute approximate surface area is 112 Å². The molecule has 0 saturated carbocycles. The van der Waals surface area contributed by atoms with Crippen LogP contribution in [0, 0.1) is 6.92 Å². The van der Waals surface area contributed by atoms with E-state index >= 15 is 0 Å². The van der Waals surface area contributed by atoms with Crippen molar-refractivity contribution in [3.8, 4) is 0 Å². The zero-order valence-corrected chi connectivity index (χ0v) is 11.2. The number of nitrogen functional groups attached to an aromatic ring is 1. The number of anilines is 4. The largest absolute Gasteiger partial charge is 0.371 e. The summed E-state index contributed by atoms with van der Waals surface area (Å²) >= 11 is 0. The topological polar surface area (TPSA) is 58.3 Å². The Morgan fingerprint density at radius 1 is 1.16 bits per heavy atom. The fourth-order valence-electron chi connectivity index (χ4n) is 2.45. The molecule has 0 saturated heterocycles. The smallest absolute Gasteiger partial charge is 0.221 e. The molecule has 0 bridgehead atoms. The summed E-state index contributed by atoms with van der Waals surface area (Å²) in [7, 11) is 2.11. The van der Waals surface area contributed by atoms with E-state index < -0.39 is 0 Å². The maximum atomic E-state index is 5.72. The van der Waals surface area contributed by atoms with Crippen molar-refractivity contribution in [2.45, 2.75) is 6.92 Å². The summed E-state index contributed by atoms with van der Waals surface area (Å²) in [6.45, 7) is 3.86. The monoisotopic (exact) mass is 255 g/mol. The van der Waals surface area contributed by atoms with E-state index in [-0.39, 0.29) is 0 Å². The van der Waals surface area contributed by atoms with Gasteiger partial charge in [0, 0.05) is 31.9 Å². The lowest BCUT2D eigenvalue weighted by molar-refractivity contribution is 0.809. The molecule has 0 amide bonds. The second-order valence-electron chi connectivity index (χ2n) is 4.80. The number of hydrogen-bond donors (Lipinski definition) is 1. The van der Waals surface area contributed by atoms with E-state index in [9.17, 15) is 0 Å². The van der Waals surface area contributed by atoms with Gasteiger partial charge in [-0.15, -0.1) is 0 Å². The molecule has 5 nitrogen and oxygen atoms in total. The van der Waals surface area contributed by atoms with E-state index in [0.29, 0.717) is 5.95 Å². The van der Waals surface area contributed by atoms with Crippen LogP contribution in [-0.2, 0) is 0 Å². The molecule has 0 aliphatic carbocycles. The van der Waals surface area contributed by atoms with Gasteiger partial charge >= 0.3 is 0 Å². The fourth-order valence-corrected chi connectivity index (χ4v) is 2.45. The maximum absolute atomic E-state index is 5.72. The highest BCUT2D eigenvalue weighted by atomic mass is 15.3. The van der Waals surface area contributed by atoms with Gasteiger partial charge in [-0.3, -0.25) is 0 Å². The minimum Gasteiger partial charge on any atom is -0.371 e. The summed E-state index contributed by atoms with van der Waals surface area (Å²) in [6.07, 6.45) is 1.78. The first kappa shape index (κ1) is 11.8. The third-order valence-electron chi connectivity index (χ3n) is 3.46. The van der Waals surface area contributed by atoms with Crippen molar-refractivity contribution >= 4 is 23.1 Å². The van der Waals surface area contributed by atoms with E-state index in [1.165, 1.54) is 5.69 Å². The lowest BCUT2D eigenvalue weighted by atomic mass is 10.1. The quantitative estimate of drug-likeness (QED) is 0.844. The van der Waals surface area contributed by atoms with Gasteiger partial charge in [-0.05, 0) is 19.1 Å². The van der Waals surface area contributed by atoms with Gasteiger partial charge in [-0.25, -0.2) is 4.98 Å². The summed E-state index contributed by atoms with van der Waals surface area (Å²) in [5, 5.41) is 0. The Hall–Kier alpha value is -2.30. The van der Waals surface area contributed by atoms with Gasteiger partial charge < -0.3 is 15.5 Å². The van der Waals surface area contributed by atoms with Crippen LogP contribution < -0.4 is 15.5 Å². The summed E-state index contributed by atoms with van der Waals surface area (Å²) in [5.41, 5.74) is 9.14. The lowest BCUT2D eigenvalue weighted by Gasteiger charge is -2.36. The molecule has 3 rings (SSSR count). The molecule has 0 atom stereocenters. The Morgan fingerprint density at radius 3 is 2.68 bits per heavy atom. The molecule has 19 heavy (non-hydrogen) atoms. The van der Waals surface area contributed by atoms with Crippen molar-refractivity contribution < 1.29 is 0 Å². The number of aromatic nitrogens is 2. The molecule has 0 radical (unpaired) electrons. The van der Waals surface area contributed by atoms with E-state index in [1.54, 1.807) is 6.20 Å². The van der Waals surface area contributed by atoms with Gasteiger partial charge in [0.1, 0.15) is 5.82 Å². The highest BCUT2D eigenvalue weighted by Gasteiger charge is 2.23. The summed E-state index contributed by atoms with van der Waals surface area (Å²) < 4.78 is 0. The van der Waals surface area contributed by atoms with Gasteiger partial charge in [0.15, 0.2) is 0 Å². The molecule has 98 valence electrons. The number of benzene rings is 1. The van der Waals surface area contributed by atoms with Gasteiger partial charge in [0.25, 0.3) is 0 Å². The first-order valence-corrected chi connectivity index (χ1v) is 6.33. The SMILES string of the molecule is Cc1cnc(N)nc1N1CCN(C)c2ccccc21. The normalized spacial score (nSPS) is 14.4. The number of nitrogens with two attached hydrogens (primary N) is 1. The van der Waals surface area contributed by atoms with E-state index in [1.807, 2.05) is 13.0 Å². The summed E-state index contributed by atoms with van der Waals surface area (Å²) in [5.74, 6) is 1.21. The Bertz CT molecular complexity index is 611. The first-order chi connectivity index (χ1) is 9.16. The van der Waals surface area contributed by atoms with Crippen LogP contribution in [0.5, 0.6) is 0 Å². The number of rotatable bonds is 1. The number of nitrogens with zero attached hydrogens (tertiary/aromatic N) is 4. The molecule has 2 heterocycles. The summed E-state index contributed by atoms with van der Waals surface area (Å²) in [6, 6.07) is 8.34. The van der Waals surface area contributed by atoms with Crippen LogP contribution in [0.15, 0.2) is 30.5 Å². The fraction of sp³-hybridized carbons (Fsp3) is 0.286.